The molecule has 29 heavy (non-hydrogen) atoms. The van der Waals surface area contributed by atoms with Crippen molar-refractivity contribution in [2.24, 2.45) is 0 Å². The van der Waals surface area contributed by atoms with Gasteiger partial charge in [0.1, 0.15) is 5.82 Å². The molecule has 0 atom stereocenters. The van der Waals surface area contributed by atoms with Crippen molar-refractivity contribution in [3.8, 4) is 11.3 Å². The molecule has 2 aromatic rings. The zero-order valence-corrected chi connectivity index (χ0v) is 17.1. The summed E-state index contributed by atoms with van der Waals surface area (Å²) in [5, 5.41) is 0. The summed E-state index contributed by atoms with van der Waals surface area (Å²) in [4.78, 5) is 30.7. The van der Waals surface area contributed by atoms with Gasteiger partial charge < -0.3 is 9.64 Å². The van der Waals surface area contributed by atoms with Gasteiger partial charge in [-0.25, -0.2) is 9.97 Å². The van der Waals surface area contributed by atoms with Gasteiger partial charge in [-0.2, -0.15) is 0 Å². The standard InChI is InChI=1S/C22H29N5O2/c1-2-20-24-15-18(19-5-3-4-8-23-19)22(25-20)17-6-9-26(10-7-17)16-21(28)27-11-13-29-14-12-27/h3-5,8,15,17H,2,6-7,9-14,16H2,1H3. The molecule has 2 aliphatic rings. The van der Waals surface area contributed by atoms with E-state index in [-0.39, 0.29) is 5.91 Å². The molecule has 0 aliphatic carbocycles. The number of hydrogen-bond donors (Lipinski definition) is 0. The highest BCUT2D eigenvalue weighted by molar-refractivity contribution is 5.78. The van der Waals surface area contributed by atoms with E-state index in [1.165, 1.54) is 0 Å². The minimum absolute atomic E-state index is 0.219. The van der Waals surface area contributed by atoms with E-state index >= 15 is 0 Å². The Hall–Kier alpha value is -2.38. The fourth-order valence-corrected chi connectivity index (χ4v) is 4.10. The number of morpholine rings is 1. The average molecular weight is 396 g/mol. The largest absolute Gasteiger partial charge is 0.378 e. The lowest BCUT2D eigenvalue weighted by atomic mass is 9.89. The summed E-state index contributed by atoms with van der Waals surface area (Å²) >= 11 is 0. The van der Waals surface area contributed by atoms with Gasteiger partial charge in [-0.1, -0.05) is 13.0 Å². The number of carbonyl (C=O) groups excluding carboxylic acids is 1. The molecule has 7 nitrogen and oxygen atoms in total. The monoisotopic (exact) mass is 395 g/mol. The highest BCUT2D eigenvalue weighted by Gasteiger charge is 2.27. The number of likely N-dealkylation sites (tertiary alicyclic amines) is 1. The van der Waals surface area contributed by atoms with Gasteiger partial charge in [0.15, 0.2) is 0 Å². The van der Waals surface area contributed by atoms with Crippen LogP contribution in [0, 0.1) is 0 Å². The van der Waals surface area contributed by atoms with Crippen LogP contribution in [0.3, 0.4) is 0 Å². The molecule has 4 rings (SSSR count). The molecule has 4 heterocycles. The first-order valence-corrected chi connectivity index (χ1v) is 10.6. The highest BCUT2D eigenvalue weighted by Crippen LogP contribution is 2.33. The number of aromatic nitrogens is 3. The minimum Gasteiger partial charge on any atom is -0.378 e. The Morgan fingerprint density at radius 3 is 2.62 bits per heavy atom. The molecule has 0 radical (unpaired) electrons. The Kier molecular flexibility index (Phi) is 6.46. The number of piperidine rings is 1. The second kappa shape index (κ2) is 9.41. The van der Waals surface area contributed by atoms with Gasteiger partial charge in [0.25, 0.3) is 0 Å². The van der Waals surface area contributed by atoms with E-state index in [4.69, 9.17) is 9.72 Å². The third-order valence-corrected chi connectivity index (χ3v) is 5.82. The van der Waals surface area contributed by atoms with Crippen molar-refractivity contribution in [3.05, 3.63) is 42.1 Å². The molecule has 0 aromatic carbocycles. The third-order valence-electron chi connectivity index (χ3n) is 5.82. The predicted octanol–water partition coefficient (Wildman–Crippen LogP) is 2.14. The number of rotatable bonds is 5. The van der Waals surface area contributed by atoms with E-state index < -0.39 is 0 Å². The molecular formula is C22H29N5O2. The van der Waals surface area contributed by atoms with E-state index in [9.17, 15) is 4.79 Å². The lowest BCUT2D eigenvalue weighted by Crippen LogP contribution is -2.47. The van der Waals surface area contributed by atoms with Gasteiger partial charge in [-0.3, -0.25) is 14.7 Å². The summed E-state index contributed by atoms with van der Waals surface area (Å²) in [5.74, 6) is 1.47. The van der Waals surface area contributed by atoms with Crippen LogP contribution in [0.15, 0.2) is 30.6 Å². The van der Waals surface area contributed by atoms with E-state index in [0.29, 0.717) is 38.8 Å². The second-order valence-electron chi connectivity index (χ2n) is 7.70. The quantitative estimate of drug-likeness (QED) is 0.772. The Morgan fingerprint density at radius 2 is 1.93 bits per heavy atom. The van der Waals surface area contributed by atoms with Gasteiger partial charge >= 0.3 is 0 Å². The molecular weight excluding hydrogens is 366 g/mol. The number of nitrogens with zero attached hydrogens (tertiary/aromatic N) is 5. The maximum atomic E-state index is 12.5. The lowest BCUT2D eigenvalue weighted by molar-refractivity contribution is -0.136. The van der Waals surface area contributed by atoms with Crippen LogP contribution in [0.25, 0.3) is 11.3 Å². The van der Waals surface area contributed by atoms with Gasteiger partial charge in [-0.15, -0.1) is 0 Å². The summed E-state index contributed by atoms with van der Waals surface area (Å²) in [6.45, 7) is 7.13. The predicted molar refractivity (Wildman–Crippen MR) is 110 cm³/mol. The average Bonchev–Trinajstić information content (AvgIpc) is 2.80. The number of hydrogen-bond acceptors (Lipinski definition) is 6. The van der Waals surface area contributed by atoms with Crippen LogP contribution in [0.1, 0.15) is 37.2 Å². The van der Waals surface area contributed by atoms with Crippen LogP contribution >= 0.6 is 0 Å². The zero-order valence-electron chi connectivity index (χ0n) is 17.1. The Balaban J connectivity index is 1.43. The van der Waals surface area contributed by atoms with Gasteiger partial charge in [0, 0.05) is 43.4 Å². The normalized spacial score (nSPS) is 18.7. The van der Waals surface area contributed by atoms with Crippen molar-refractivity contribution < 1.29 is 9.53 Å². The fourth-order valence-electron chi connectivity index (χ4n) is 4.10. The summed E-state index contributed by atoms with van der Waals surface area (Å²) in [7, 11) is 0. The number of carbonyl (C=O) groups is 1. The molecule has 0 unspecified atom stereocenters. The molecule has 0 saturated carbocycles. The number of aryl methyl sites for hydroxylation is 1. The van der Waals surface area contributed by atoms with Gasteiger partial charge in [0.05, 0.1) is 31.1 Å². The van der Waals surface area contributed by atoms with Crippen molar-refractivity contribution in [2.75, 3.05) is 45.9 Å². The molecule has 2 saturated heterocycles. The zero-order chi connectivity index (χ0) is 20.1. The third kappa shape index (κ3) is 4.79. The molecule has 7 heteroatoms. The van der Waals surface area contributed by atoms with Crippen molar-refractivity contribution >= 4 is 5.91 Å². The maximum Gasteiger partial charge on any atom is 0.236 e. The molecule has 2 fully saturated rings. The molecule has 0 spiro atoms. The fraction of sp³-hybridized carbons (Fsp3) is 0.545. The lowest BCUT2D eigenvalue weighted by Gasteiger charge is -2.34. The van der Waals surface area contributed by atoms with Crippen molar-refractivity contribution in [1.29, 1.82) is 0 Å². The molecule has 1 amide bonds. The van der Waals surface area contributed by atoms with E-state index in [0.717, 1.165) is 55.1 Å². The Bertz CT molecular complexity index is 815. The minimum atomic E-state index is 0.219. The highest BCUT2D eigenvalue weighted by atomic mass is 16.5. The topological polar surface area (TPSA) is 71.5 Å². The van der Waals surface area contributed by atoms with Crippen LogP contribution < -0.4 is 0 Å². The second-order valence-corrected chi connectivity index (χ2v) is 7.70. The maximum absolute atomic E-state index is 12.5. The van der Waals surface area contributed by atoms with Gasteiger partial charge in [-0.05, 0) is 38.1 Å². The van der Waals surface area contributed by atoms with Crippen molar-refractivity contribution in [2.45, 2.75) is 32.1 Å². The first-order chi connectivity index (χ1) is 14.2. The summed E-state index contributed by atoms with van der Waals surface area (Å²) in [6, 6.07) is 5.94. The molecule has 0 N–H and O–H groups in total. The van der Waals surface area contributed by atoms with E-state index in [1.54, 1.807) is 0 Å². The summed E-state index contributed by atoms with van der Waals surface area (Å²) in [6.07, 6.45) is 6.56. The van der Waals surface area contributed by atoms with Crippen LogP contribution in [-0.2, 0) is 16.0 Å². The van der Waals surface area contributed by atoms with Crippen LogP contribution in [-0.4, -0.2) is 76.6 Å². The number of ether oxygens (including phenoxy) is 1. The number of pyridine rings is 1. The van der Waals surface area contributed by atoms with Crippen LogP contribution in [0.5, 0.6) is 0 Å². The molecule has 0 bridgehead atoms. The Labute approximate surface area is 172 Å². The van der Waals surface area contributed by atoms with Crippen molar-refractivity contribution in [1.82, 2.24) is 24.8 Å². The van der Waals surface area contributed by atoms with Crippen molar-refractivity contribution in [3.63, 3.8) is 0 Å². The smallest absolute Gasteiger partial charge is 0.236 e. The summed E-state index contributed by atoms with van der Waals surface area (Å²) in [5.41, 5.74) is 3.07. The van der Waals surface area contributed by atoms with E-state index in [2.05, 4.69) is 21.8 Å². The van der Waals surface area contributed by atoms with Crippen LogP contribution in [0.2, 0.25) is 0 Å². The first-order valence-electron chi connectivity index (χ1n) is 10.6. The number of amides is 1. The van der Waals surface area contributed by atoms with E-state index in [1.807, 2.05) is 35.5 Å². The molecule has 2 aliphatic heterocycles. The summed E-state index contributed by atoms with van der Waals surface area (Å²) < 4.78 is 5.34. The molecule has 154 valence electrons. The molecule has 2 aromatic heterocycles. The van der Waals surface area contributed by atoms with Gasteiger partial charge in [0.2, 0.25) is 5.91 Å². The van der Waals surface area contributed by atoms with Crippen LogP contribution in [0.4, 0.5) is 0 Å². The SMILES string of the molecule is CCc1ncc(-c2ccccn2)c(C2CCN(CC(=O)N3CCOCC3)CC2)n1. The Morgan fingerprint density at radius 1 is 1.14 bits per heavy atom. The first kappa shape index (κ1) is 19.9.